The van der Waals surface area contributed by atoms with Crippen LogP contribution in [0.3, 0.4) is 0 Å². The van der Waals surface area contributed by atoms with Crippen molar-refractivity contribution in [1.82, 2.24) is 0 Å². The van der Waals surface area contributed by atoms with Crippen LogP contribution in [0.15, 0.2) is 0 Å². The van der Waals surface area contributed by atoms with Gasteiger partial charge in [-0.25, -0.2) is 0 Å². The Morgan fingerprint density at radius 2 is 0.286 bits per heavy atom. The maximum absolute atomic E-state index is 0. The second-order valence-electron chi connectivity index (χ2n) is 0. The van der Waals surface area contributed by atoms with Gasteiger partial charge in [0.1, 0.15) is 0 Å². The van der Waals surface area contributed by atoms with Gasteiger partial charge < -0.3 is 32.9 Å². The first-order valence-electron chi connectivity index (χ1n) is 0. The molecule has 7 heteroatoms. The van der Waals surface area contributed by atoms with Crippen molar-refractivity contribution in [3.8, 4) is 0 Å². The van der Waals surface area contributed by atoms with E-state index < -0.39 is 0 Å². The molecular formula is H14O6Pb. The molecule has 0 aliphatic carbocycles. The Morgan fingerprint density at radius 3 is 0.286 bits per heavy atom. The summed E-state index contributed by atoms with van der Waals surface area (Å²) in [4.78, 5) is 0. The van der Waals surface area contributed by atoms with Gasteiger partial charge in [0, 0.05) is 0 Å². The van der Waals surface area contributed by atoms with Crippen molar-refractivity contribution in [3.05, 3.63) is 0 Å². The van der Waals surface area contributed by atoms with Crippen molar-refractivity contribution in [3.63, 3.8) is 0 Å². The van der Waals surface area contributed by atoms with Crippen molar-refractivity contribution < 1.29 is 32.9 Å². The zero-order chi connectivity index (χ0) is 0. The zero-order valence-corrected chi connectivity index (χ0v) is 9.20. The van der Waals surface area contributed by atoms with Crippen LogP contribution in [-0.2, 0) is 0 Å². The maximum atomic E-state index is 0. The third-order valence-electron chi connectivity index (χ3n) is 0. The molecule has 54 valence electrons. The first kappa shape index (κ1) is 737. The van der Waals surface area contributed by atoms with Crippen LogP contribution >= 0.6 is 0 Å². The van der Waals surface area contributed by atoms with Crippen molar-refractivity contribution in [2.75, 3.05) is 0 Å². The van der Waals surface area contributed by atoms with Crippen LogP contribution in [0, 0.1) is 0 Å². The molecule has 0 bridgehead atoms. The Balaban J connectivity index is 0. The van der Waals surface area contributed by atoms with E-state index in [-0.39, 0.29) is 60.2 Å². The van der Waals surface area contributed by atoms with Crippen LogP contribution < -0.4 is 0 Å². The Labute approximate surface area is 60.5 Å². The van der Waals surface area contributed by atoms with Crippen molar-refractivity contribution >= 4 is 27.3 Å². The van der Waals surface area contributed by atoms with E-state index in [2.05, 4.69) is 0 Å². The van der Waals surface area contributed by atoms with E-state index in [1.165, 1.54) is 0 Å². The molecule has 0 saturated heterocycles. The van der Waals surface area contributed by atoms with E-state index in [1.54, 1.807) is 0 Å². The summed E-state index contributed by atoms with van der Waals surface area (Å²) >= 11 is 0. The van der Waals surface area contributed by atoms with E-state index >= 15 is 0 Å². The molecule has 0 aliphatic heterocycles. The van der Waals surface area contributed by atoms with Gasteiger partial charge in [-0.05, 0) is 0 Å². The van der Waals surface area contributed by atoms with Crippen LogP contribution in [0.1, 0.15) is 0 Å². The predicted molar refractivity (Wildman–Crippen MR) is 30.2 cm³/mol. The van der Waals surface area contributed by atoms with Gasteiger partial charge >= 0.3 is 27.3 Å². The first-order chi connectivity index (χ1) is 0. The number of hydrogen-bond acceptors (Lipinski definition) is 0. The minimum absolute atomic E-state index is 0. The fourth-order valence-corrected chi connectivity index (χ4v) is 0. The number of rotatable bonds is 0. The van der Waals surface area contributed by atoms with Gasteiger partial charge in [-0.1, -0.05) is 0 Å². The van der Waals surface area contributed by atoms with Gasteiger partial charge in [0.25, 0.3) is 0 Å². The van der Waals surface area contributed by atoms with Gasteiger partial charge in [-0.15, -0.1) is 0 Å². The summed E-state index contributed by atoms with van der Waals surface area (Å²) in [5.41, 5.74) is 0. The molecule has 7 heavy (non-hydrogen) atoms. The van der Waals surface area contributed by atoms with E-state index in [9.17, 15) is 0 Å². The fraction of sp³-hybridized carbons (Fsp3) is 0. The second kappa shape index (κ2) is 464. The molecule has 0 amide bonds. The average molecular weight is 317 g/mol. The van der Waals surface area contributed by atoms with Crippen molar-refractivity contribution in [2.24, 2.45) is 0 Å². The fourth-order valence-electron chi connectivity index (χ4n) is 0. The topological polar surface area (TPSA) is 189 Å². The zero-order valence-electron chi connectivity index (χ0n) is 3.71. The molecule has 0 saturated carbocycles. The van der Waals surface area contributed by atoms with Gasteiger partial charge in [-0.2, -0.15) is 0 Å². The summed E-state index contributed by atoms with van der Waals surface area (Å²) < 4.78 is 0. The molecule has 0 spiro atoms. The van der Waals surface area contributed by atoms with Crippen LogP contribution in [0.5, 0.6) is 0 Å². The molecule has 0 aromatic carbocycles. The quantitative estimate of drug-likeness (QED) is 0.385. The van der Waals surface area contributed by atoms with Gasteiger partial charge in [0.05, 0.1) is 0 Å². The van der Waals surface area contributed by atoms with Gasteiger partial charge in [0.2, 0.25) is 0 Å². The van der Waals surface area contributed by atoms with Crippen LogP contribution in [0.25, 0.3) is 0 Å². The standard InChI is InChI=1S/6H2O.Pb.2H/h6*1H2;;;. The Kier molecular flexibility index (Phi) is 48800. The van der Waals surface area contributed by atoms with Crippen LogP contribution in [0.2, 0.25) is 0 Å². The monoisotopic (exact) mass is 318 g/mol. The van der Waals surface area contributed by atoms with E-state index in [0.717, 1.165) is 0 Å². The summed E-state index contributed by atoms with van der Waals surface area (Å²) in [6.07, 6.45) is 0. The Hall–Kier alpha value is 0.682. The van der Waals surface area contributed by atoms with Crippen molar-refractivity contribution in [2.45, 2.75) is 0 Å². The summed E-state index contributed by atoms with van der Waals surface area (Å²) in [5.74, 6) is 0. The Bertz CT molecular complexity index is 4.14. The molecule has 0 heterocycles. The van der Waals surface area contributed by atoms with E-state index in [1.807, 2.05) is 0 Å². The van der Waals surface area contributed by atoms with Crippen LogP contribution in [-0.4, -0.2) is 60.2 Å². The molecule has 0 atom stereocenters. The predicted octanol–water partition coefficient (Wildman–Crippen LogP) is -5.86. The molecule has 0 aliphatic rings. The normalized spacial score (nSPS) is 0. The molecule has 0 unspecified atom stereocenters. The summed E-state index contributed by atoms with van der Waals surface area (Å²) in [6, 6.07) is 0. The van der Waals surface area contributed by atoms with E-state index in [0.29, 0.717) is 0 Å². The SMILES string of the molecule is O.O.O.O.O.O.[PbH2]. The first-order valence-corrected chi connectivity index (χ1v) is 0. The molecule has 0 aromatic heterocycles. The molecule has 12 N–H and O–H groups in total. The molecular weight excluding hydrogens is 303 g/mol. The molecule has 2 radical (unpaired) electrons. The number of hydrogen-bond donors (Lipinski definition) is 0. The molecule has 6 nitrogen and oxygen atoms in total. The summed E-state index contributed by atoms with van der Waals surface area (Å²) in [7, 11) is 0. The van der Waals surface area contributed by atoms with Crippen LogP contribution in [0.4, 0.5) is 0 Å². The molecule has 0 aromatic rings. The minimum atomic E-state index is 0. The molecule has 0 rings (SSSR count). The van der Waals surface area contributed by atoms with Gasteiger partial charge in [0.15, 0.2) is 0 Å². The third-order valence-corrected chi connectivity index (χ3v) is 0. The summed E-state index contributed by atoms with van der Waals surface area (Å²) in [6.45, 7) is 0. The Morgan fingerprint density at radius 1 is 0.286 bits per heavy atom. The molecule has 0 fully saturated rings. The van der Waals surface area contributed by atoms with E-state index in [4.69, 9.17) is 0 Å². The summed E-state index contributed by atoms with van der Waals surface area (Å²) in [5, 5.41) is 0. The van der Waals surface area contributed by atoms with Crippen molar-refractivity contribution in [1.29, 1.82) is 0 Å². The average Bonchev–Trinajstić information content (AvgIpc) is 0. The van der Waals surface area contributed by atoms with Gasteiger partial charge in [-0.3, -0.25) is 0 Å². The second-order valence-corrected chi connectivity index (χ2v) is 0. The third kappa shape index (κ3) is 315.